The Morgan fingerprint density at radius 1 is 0.860 bits per heavy atom. The first kappa shape index (κ1) is 29.1. The van der Waals surface area contributed by atoms with E-state index in [9.17, 15) is 19.2 Å². The lowest BCUT2D eigenvalue weighted by atomic mass is 10.0. The Kier molecular flexibility index (Phi) is 8.52. The molecule has 0 aromatic heterocycles. The van der Waals surface area contributed by atoms with Crippen LogP contribution in [0.15, 0.2) is 84.4 Å². The Hall–Kier alpha value is -5.44. The average molecular weight is 579 g/mol. The molecule has 9 nitrogen and oxygen atoms in total. The number of benzene rings is 4. The molecule has 1 saturated heterocycles. The van der Waals surface area contributed by atoms with E-state index < -0.39 is 23.8 Å². The van der Waals surface area contributed by atoms with Crippen LogP contribution in [0, 0.1) is 6.92 Å². The van der Waals surface area contributed by atoms with Crippen molar-refractivity contribution in [2.75, 3.05) is 18.1 Å². The summed E-state index contributed by atoms with van der Waals surface area (Å²) in [7, 11) is 0. The molecule has 0 atom stereocenters. The van der Waals surface area contributed by atoms with Crippen molar-refractivity contribution in [1.82, 2.24) is 5.32 Å². The smallest absolute Gasteiger partial charge is 0.338 e. The van der Waals surface area contributed by atoms with Gasteiger partial charge in [0, 0.05) is 5.56 Å². The molecule has 1 N–H and O–H groups in total. The molecule has 1 aliphatic heterocycles. The predicted molar refractivity (Wildman–Crippen MR) is 162 cm³/mol. The molecule has 218 valence electrons. The number of amides is 4. The number of carbonyl (C=O) groups is 4. The van der Waals surface area contributed by atoms with Gasteiger partial charge in [0.2, 0.25) is 0 Å². The summed E-state index contributed by atoms with van der Waals surface area (Å²) in [6.07, 6.45) is 1.39. The first-order chi connectivity index (χ1) is 20.8. The van der Waals surface area contributed by atoms with Crippen LogP contribution >= 0.6 is 0 Å². The fourth-order valence-corrected chi connectivity index (χ4v) is 4.81. The van der Waals surface area contributed by atoms with Gasteiger partial charge in [0.15, 0.2) is 11.5 Å². The number of imide groups is 2. The number of esters is 1. The lowest BCUT2D eigenvalue weighted by molar-refractivity contribution is -0.122. The highest BCUT2D eigenvalue weighted by atomic mass is 16.5. The Morgan fingerprint density at radius 2 is 1.63 bits per heavy atom. The number of barbiturate groups is 1. The maximum Gasteiger partial charge on any atom is 0.338 e. The van der Waals surface area contributed by atoms with E-state index in [1.165, 1.54) is 30.3 Å². The highest BCUT2D eigenvalue weighted by molar-refractivity contribution is 6.39. The van der Waals surface area contributed by atoms with Gasteiger partial charge in [0.25, 0.3) is 11.8 Å². The van der Waals surface area contributed by atoms with Gasteiger partial charge in [-0.05, 0) is 85.1 Å². The van der Waals surface area contributed by atoms with E-state index >= 15 is 0 Å². The van der Waals surface area contributed by atoms with E-state index in [4.69, 9.17) is 14.2 Å². The molecule has 4 aromatic rings. The number of urea groups is 1. The van der Waals surface area contributed by atoms with Gasteiger partial charge in [-0.15, -0.1) is 0 Å². The second kappa shape index (κ2) is 12.6. The number of fused-ring (bicyclic) bond motifs is 1. The predicted octanol–water partition coefficient (Wildman–Crippen LogP) is 5.97. The summed E-state index contributed by atoms with van der Waals surface area (Å²) in [6.45, 7) is 6.48. The van der Waals surface area contributed by atoms with Gasteiger partial charge in [0.05, 0.1) is 24.5 Å². The van der Waals surface area contributed by atoms with Gasteiger partial charge in [-0.3, -0.25) is 14.9 Å². The van der Waals surface area contributed by atoms with Crippen molar-refractivity contribution in [3.8, 4) is 11.5 Å². The van der Waals surface area contributed by atoms with Crippen molar-refractivity contribution in [2.45, 2.75) is 27.4 Å². The number of ether oxygens (including phenoxy) is 3. The monoisotopic (exact) mass is 578 g/mol. The van der Waals surface area contributed by atoms with Gasteiger partial charge < -0.3 is 14.2 Å². The van der Waals surface area contributed by atoms with Crippen LogP contribution in [0.4, 0.5) is 10.5 Å². The number of hydrogen-bond donors (Lipinski definition) is 1. The molecule has 4 amide bonds. The maximum absolute atomic E-state index is 13.4. The van der Waals surface area contributed by atoms with Gasteiger partial charge in [-0.25, -0.2) is 14.5 Å². The Morgan fingerprint density at radius 3 is 2.37 bits per heavy atom. The Balaban J connectivity index is 1.40. The number of hydrogen-bond acceptors (Lipinski definition) is 7. The number of rotatable bonds is 9. The van der Waals surface area contributed by atoms with E-state index in [1.54, 1.807) is 25.1 Å². The van der Waals surface area contributed by atoms with Crippen LogP contribution in [0.5, 0.6) is 11.5 Å². The first-order valence-electron chi connectivity index (χ1n) is 13.9. The van der Waals surface area contributed by atoms with Crippen molar-refractivity contribution < 1.29 is 33.4 Å². The fraction of sp³-hybridized carbons (Fsp3) is 0.176. The van der Waals surface area contributed by atoms with Crippen LogP contribution in [0.25, 0.3) is 16.8 Å². The number of nitrogens with one attached hydrogen (secondary N) is 1. The minimum atomic E-state index is -0.890. The minimum Gasteiger partial charge on any atom is -0.490 e. The summed E-state index contributed by atoms with van der Waals surface area (Å²) in [5, 5.41) is 4.44. The maximum atomic E-state index is 13.4. The second-order valence-corrected chi connectivity index (χ2v) is 9.74. The SMILES string of the molecule is CCOC(=O)c1ccc(N2C(=O)NC(=O)/C(=C\c3ccc(OCc4c(C)ccc5ccccc45)c(OCC)c3)C2=O)cc1. The minimum absolute atomic E-state index is 0.191. The van der Waals surface area contributed by atoms with Crippen LogP contribution < -0.4 is 19.7 Å². The van der Waals surface area contributed by atoms with Gasteiger partial charge in [0.1, 0.15) is 12.2 Å². The zero-order chi connectivity index (χ0) is 30.5. The average Bonchev–Trinajstić information content (AvgIpc) is 3.00. The zero-order valence-corrected chi connectivity index (χ0v) is 24.0. The van der Waals surface area contributed by atoms with Gasteiger partial charge >= 0.3 is 12.0 Å². The van der Waals surface area contributed by atoms with E-state index in [2.05, 4.69) is 29.6 Å². The number of nitrogens with zero attached hydrogens (tertiary/aromatic N) is 1. The molecular weight excluding hydrogens is 548 g/mol. The molecule has 5 rings (SSSR count). The molecule has 43 heavy (non-hydrogen) atoms. The molecule has 0 saturated carbocycles. The highest BCUT2D eigenvalue weighted by Gasteiger charge is 2.37. The van der Waals surface area contributed by atoms with Crippen LogP contribution in [0.3, 0.4) is 0 Å². The quantitative estimate of drug-likeness (QED) is 0.148. The Bertz CT molecular complexity index is 1760. The summed E-state index contributed by atoms with van der Waals surface area (Å²) < 4.78 is 17.0. The van der Waals surface area contributed by atoms with Crippen LogP contribution in [0.2, 0.25) is 0 Å². The van der Waals surface area contributed by atoms with Crippen LogP contribution in [0.1, 0.15) is 40.9 Å². The number of carbonyl (C=O) groups excluding carboxylic acids is 4. The zero-order valence-electron chi connectivity index (χ0n) is 24.0. The third kappa shape index (κ3) is 6.11. The van der Waals surface area contributed by atoms with Gasteiger partial charge in [-0.1, -0.05) is 42.5 Å². The lowest BCUT2D eigenvalue weighted by Gasteiger charge is -2.26. The van der Waals surface area contributed by atoms with E-state index in [0.717, 1.165) is 26.8 Å². The van der Waals surface area contributed by atoms with Crippen molar-refractivity contribution >= 4 is 46.4 Å². The van der Waals surface area contributed by atoms with Crippen LogP contribution in [-0.4, -0.2) is 37.0 Å². The molecule has 0 spiro atoms. The normalized spacial score (nSPS) is 14.2. The molecule has 1 aliphatic rings. The molecule has 0 radical (unpaired) electrons. The van der Waals surface area contributed by atoms with Crippen molar-refractivity contribution in [3.63, 3.8) is 0 Å². The van der Waals surface area contributed by atoms with Crippen molar-refractivity contribution in [2.24, 2.45) is 0 Å². The van der Waals surface area contributed by atoms with Crippen LogP contribution in [-0.2, 0) is 20.9 Å². The Labute approximate surface area is 248 Å². The van der Waals surface area contributed by atoms with E-state index in [1.807, 2.05) is 26.0 Å². The van der Waals surface area contributed by atoms with Gasteiger partial charge in [-0.2, -0.15) is 0 Å². The largest absolute Gasteiger partial charge is 0.490 e. The lowest BCUT2D eigenvalue weighted by Crippen LogP contribution is -2.54. The summed E-state index contributed by atoms with van der Waals surface area (Å²) in [5.41, 5.74) is 2.89. The van der Waals surface area contributed by atoms with E-state index in [0.29, 0.717) is 30.3 Å². The molecule has 1 fully saturated rings. The third-order valence-electron chi connectivity index (χ3n) is 6.96. The second-order valence-electron chi connectivity index (χ2n) is 9.74. The summed E-state index contributed by atoms with van der Waals surface area (Å²) >= 11 is 0. The number of anilines is 1. The summed E-state index contributed by atoms with van der Waals surface area (Å²) in [5.74, 6) is -1.19. The van der Waals surface area contributed by atoms with E-state index in [-0.39, 0.29) is 23.4 Å². The molecule has 0 bridgehead atoms. The molecule has 4 aromatic carbocycles. The molecule has 0 unspecified atom stereocenters. The topological polar surface area (TPSA) is 111 Å². The molecule has 0 aliphatic carbocycles. The molecular formula is C34H30N2O7. The summed E-state index contributed by atoms with van der Waals surface area (Å²) in [6, 6.07) is 22.2. The fourth-order valence-electron chi connectivity index (χ4n) is 4.81. The highest BCUT2D eigenvalue weighted by Crippen LogP contribution is 2.32. The summed E-state index contributed by atoms with van der Waals surface area (Å²) in [4.78, 5) is 51.6. The molecule has 1 heterocycles. The van der Waals surface area contributed by atoms with Crippen molar-refractivity contribution in [1.29, 1.82) is 0 Å². The third-order valence-corrected chi connectivity index (χ3v) is 6.96. The number of aryl methyl sites for hydroxylation is 1. The van der Waals surface area contributed by atoms with Crippen molar-refractivity contribution in [3.05, 3.63) is 107 Å². The first-order valence-corrected chi connectivity index (χ1v) is 13.9. The molecule has 9 heteroatoms. The standard InChI is InChI=1S/C34H30N2O7/c1-4-41-30-19-22(11-17-29(30)43-20-28-21(3)10-12-23-8-6-7-9-26(23)28)18-27-31(37)35-34(40)36(32(27)38)25-15-13-24(14-16-25)33(39)42-5-2/h6-19H,4-5,20H2,1-3H3,(H,35,37,40)/b27-18+.